The molecule has 2 heterocycles. The van der Waals surface area contributed by atoms with Crippen molar-refractivity contribution >= 4 is 15.9 Å². The Hall–Kier alpha value is -1.27. The Balaban J connectivity index is 2.42. The number of hydrogen-bond acceptors (Lipinski definition) is 3. The largest absolute Gasteiger partial charge is 0.319 e. The number of aromatic nitrogens is 3. The van der Waals surface area contributed by atoms with E-state index in [4.69, 9.17) is 5.73 Å². The molecule has 0 aromatic carbocycles. The van der Waals surface area contributed by atoms with Crippen molar-refractivity contribution in [1.29, 1.82) is 0 Å². The molecule has 2 N–H and O–H groups in total. The van der Waals surface area contributed by atoms with Crippen molar-refractivity contribution in [3.63, 3.8) is 0 Å². The van der Waals surface area contributed by atoms with Crippen LogP contribution in [0.5, 0.6) is 0 Å². The normalized spacial score (nSPS) is 12.7. The molecule has 2 aromatic heterocycles. The van der Waals surface area contributed by atoms with E-state index in [1.807, 2.05) is 0 Å². The van der Waals surface area contributed by atoms with Crippen LogP contribution >= 0.6 is 15.9 Å². The molecule has 0 fully saturated rings. The van der Waals surface area contributed by atoms with Crippen LogP contribution in [0.15, 0.2) is 29.1 Å². The third-order valence-corrected chi connectivity index (χ3v) is 3.31. The van der Waals surface area contributed by atoms with Crippen LogP contribution in [0.25, 0.3) is 0 Å². The summed E-state index contributed by atoms with van der Waals surface area (Å²) in [6.45, 7) is 2.80. The molecule has 96 valence electrons. The Morgan fingerprint density at radius 1 is 1.50 bits per heavy atom. The average Bonchev–Trinajstić information content (AvgIpc) is 2.71. The molecule has 0 aliphatic rings. The van der Waals surface area contributed by atoms with Gasteiger partial charge < -0.3 is 5.73 Å². The van der Waals surface area contributed by atoms with E-state index in [1.165, 1.54) is 12.4 Å². The second-order valence-corrected chi connectivity index (χ2v) is 4.83. The zero-order valence-electron chi connectivity index (χ0n) is 9.98. The van der Waals surface area contributed by atoms with Crippen molar-refractivity contribution in [2.24, 2.45) is 5.73 Å². The summed E-state index contributed by atoms with van der Waals surface area (Å²) in [5.41, 5.74) is 7.33. The first-order valence-electron chi connectivity index (χ1n) is 5.71. The third kappa shape index (κ3) is 2.44. The fourth-order valence-corrected chi connectivity index (χ4v) is 2.40. The Kier molecular flexibility index (Phi) is 4.08. The van der Waals surface area contributed by atoms with Gasteiger partial charge in [-0.15, -0.1) is 0 Å². The minimum atomic E-state index is -0.559. The maximum Gasteiger partial charge on any atom is 0.146 e. The van der Waals surface area contributed by atoms with Crippen LogP contribution in [0.1, 0.15) is 30.6 Å². The Labute approximate surface area is 113 Å². The Morgan fingerprint density at radius 3 is 2.94 bits per heavy atom. The van der Waals surface area contributed by atoms with Crippen LogP contribution < -0.4 is 5.73 Å². The van der Waals surface area contributed by atoms with Gasteiger partial charge in [-0.3, -0.25) is 9.67 Å². The number of nitrogens with zero attached hydrogens (tertiary/aromatic N) is 3. The number of nitrogens with two attached hydrogens (primary N) is 1. The van der Waals surface area contributed by atoms with Gasteiger partial charge >= 0.3 is 0 Å². The Morgan fingerprint density at radius 2 is 2.28 bits per heavy atom. The summed E-state index contributed by atoms with van der Waals surface area (Å²) < 4.78 is 16.3. The molecule has 1 atom stereocenters. The van der Waals surface area contributed by atoms with Gasteiger partial charge in [-0.1, -0.05) is 6.92 Å². The lowest BCUT2D eigenvalue weighted by Crippen LogP contribution is -2.19. The molecule has 0 aliphatic carbocycles. The number of rotatable bonds is 4. The third-order valence-electron chi connectivity index (χ3n) is 2.70. The van der Waals surface area contributed by atoms with E-state index in [2.05, 4.69) is 32.9 Å². The first-order valence-corrected chi connectivity index (χ1v) is 6.50. The molecule has 6 heteroatoms. The first-order chi connectivity index (χ1) is 8.65. The topological polar surface area (TPSA) is 56.7 Å². The number of aryl methyl sites for hydroxylation is 1. The molecule has 0 spiro atoms. The molecular weight excluding hydrogens is 299 g/mol. The van der Waals surface area contributed by atoms with Crippen LogP contribution in [0.3, 0.4) is 0 Å². The van der Waals surface area contributed by atoms with Crippen LogP contribution in [0, 0.1) is 5.82 Å². The fraction of sp³-hybridized carbons (Fsp3) is 0.333. The van der Waals surface area contributed by atoms with Crippen LogP contribution in [0.2, 0.25) is 0 Å². The van der Waals surface area contributed by atoms with E-state index in [9.17, 15) is 4.39 Å². The molecule has 2 rings (SSSR count). The molecule has 4 nitrogen and oxygen atoms in total. The molecule has 0 aliphatic heterocycles. The maximum absolute atomic E-state index is 13.7. The predicted octanol–water partition coefficient (Wildman–Crippen LogP) is 2.64. The van der Waals surface area contributed by atoms with E-state index in [0.29, 0.717) is 5.56 Å². The second kappa shape index (κ2) is 5.58. The lowest BCUT2D eigenvalue weighted by Gasteiger charge is -2.15. The molecule has 1 unspecified atom stereocenters. The summed E-state index contributed by atoms with van der Waals surface area (Å²) in [5, 5.41) is 4.23. The summed E-state index contributed by atoms with van der Waals surface area (Å²) in [4.78, 5) is 3.73. The summed E-state index contributed by atoms with van der Waals surface area (Å²) in [7, 11) is 0. The lowest BCUT2D eigenvalue weighted by atomic mass is 10.1. The van der Waals surface area contributed by atoms with Crippen molar-refractivity contribution in [3.8, 4) is 0 Å². The number of pyridine rings is 1. The summed E-state index contributed by atoms with van der Waals surface area (Å²) in [6, 6.07) is 1.03. The van der Waals surface area contributed by atoms with Crippen molar-refractivity contribution < 1.29 is 4.39 Å². The van der Waals surface area contributed by atoms with Crippen molar-refractivity contribution in [1.82, 2.24) is 14.8 Å². The van der Waals surface area contributed by atoms with E-state index in [1.54, 1.807) is 16.9 Å². The molecular formula is C12H14BrFN4. The average molecular weight is 313 g/mol. The van der Waals surface area contributed by atoms with E-state index >= 15 is 0 Å². The van der Waals surface area contributed by atoms with E-state index < -0.39 is 11.9 Å². The number of halogens is 2. The smallest absolute Gasteiger partial charge is 0.146 e. The van der Waals surface area contributed by atoms with Gasteiger partial charge in [-0.05, 0) is 28.4 Å². The van der Waals surface area contributed by atoms with E-state index in [-0.39, 0.29) is 0 Å². The van der Waals surface area contributed by atoms with Crippen molar-refractivity contribution in [3.05, 3.63) is 46.2 Å². The van der Waals surface area contributed by atoms with Crippen molar-refractivity contribution in [2.45, 2.75) is 25.9 Å². The summed E-state index contributed by atoms with van der Waals surface area (Å²) in [5.74, 6) is -0.402. The highest BCUT2D eigenvalue weighted by molar-refractivity contribution is 9.10. The number of hydrogen-bond donors (Lipinski definition) is 1. The van der Waals surface area contributed by atoms with Crippen LogP contribution in [-0.2, 0) is 6.54 Å². The molecule has 0 bridgehead atoms. The summed E-state index contributed by atoms with van der Waals surface area (Å²) >= 11 is 3.41. The highest BCUT2D eigenvalue weighted by atomic mass is 79.9. The van der Waals surface area contributed by atoms with Gasteiger partial charge in [0.25, 0.3) is 0 Å². The zero-order chi connectivity index (χ0) is 13.1. The first kappa shape index (κ1) is 13.2. The van der Waals surface area contributed by atoms with Crippen LogP contribution in [-0.4, -0.2) is 14.8 Å². The fourth-order valence-electron chi connectivity index (χ4n) is 1.86. The molecule has 2 aromatic rings. The Bertz CT molecular complexity index is 541. The van der Waals surface area contributed by atoms with Gasteiger partial charge in [-0.2, -0.15) is 5.10 Å². The molecule has 18 heavy (non-hydrogen) atoms. The quantitative estimate of drug-likeness (QED) is 0.944. The second-order valence-electron chi connectivity index (χ2n) is 3.98. The minimum Gasteiger partial charge on any atom is -0.319 e. The van der Waals surface area contributed by atoms with Crippen LogP contribution in [0.4, 0.5) is 4.39 Å². The van der Waals surface area contributed by atoms with E-state index in [0.717, 1.165) is 23.1 Å². The molecule has 0 radical (unpaired) electrons. The molecule has 0 saturated carbocycles. The maximum atomic E-state index is 13.7. The van der Waals surface area contributed by atoms with Gasteiger partial charge in [0.15, 0.2) is 0 Å². The minimum absolute atomic E-state index is 0.402. The zero-order valence-corrected chi connectivity index (χ0v) is 11.6. The summed E-state index contributed by atoms with van der Waals surface area (Å²) in [6.07, 6.45) is 5.33. The highest BCUT2D eigenvalue weighted by Crippen LogP contribution is 2.27. The van der Waals surface area contributed by atoms with Gasteiger partial charge in [0.1, 0.15) is 5.82 Å². The predicted molar refractivity (Wildman–Crippen MR) is 70.4 cm³/mol. The lowest BCUT2D eigenvalue weighted by molar-refractivity contribution is 0.542. The SMILES string of the molecule is CCCn1ncc(Br)c1C(N)c1ccncc1F. The highest BCUT2D eigenvalue weighted by Gasteiger charge is 2.20. The monoisotopic (exact) mass is 312 g/mol. The van der Waals surface area contributed by atoms with Crippen molar-refractivity contribution in [2.75, 3.05) is 0 Å². The van der Waals surface area contributed by atoms with Gasteiger partial charge in [-0.25, -0.2) is 4.39 Å². The van der Waals surface area contributed by atoms with Gasteiger partial charge in [0.05, 0.1) is 28.6 Å². The standard InChI is InChI=1S/C12H14BrFN4/c1-2-5-18-12(9(13)6-17-18)11(15)8-3-4-16-7-10(8)14/h3-4,6-7,11H,2,5,15H2,1H3. The molecule has 0 saturated heterocycles. The molecule has 0 amide bonds. The van der Waals surface area contributed by atoms with Gasteiger partial charge in [0, 0.05) is 18.3 Å². The van der Waals surface area contributed by atoms with Gasteiger partial charge in [0.2, 0.25) is 0 Å².